The molecule has 1 aliphatic rings. The van der Waals surface area contributed by atoms with Gasteiger partial charge in [0.1, 0.15) is 11.5 Å². The van der Waals surface area contributed by atoms with Crippen molar-refractivity contribution < 1.29 is 23.4 Å². The van der Waals surface area contributed by atoms with Crippen molar-refractivity contribution in [1.82, 2.24) is 0 Å². The van der Waals surface area contributed by atoms with Gasteiger partial charge >= 0.3 is 0 Å². The summed E-state index contributed by atoms with van der Waals surface area (Å²) in [5.41, 5.74) is 1.59. The van der Waals surface area contributed by atoms with Gasteiger partial charge in [-0.05, 0) is 37.1 Å². The topological polar surface area (TPSA) is 83.8 Å². The Bertz CT molecular complexity index is 864. The van der Waals surface area contributed by atoms with Gasteiger partial charge in [0.25, 0.3) is 0 Å². The zero-order valence-corrected chi connectivity index (χ0v) is 14.7. The van der Waals surface area contributed by atoms with Gasteiger partial charge in [0.05, 0.1) is 11.3 Å². The predicted molar refractivity (Wildman–Crippen MR) is 96.0 cm³/mol. The molecule has 1 heterocycles. The van der Waals surface area contributed by atoms with Crippen LogP contribution in [-0.2, 0) is 26.4 Å². The second kappa shape index (κ2) is 6.46. The Morgan fingerprint density at radius 3 is 2.12 bits per heavy atom. The molecule has 130 valence electrons. The fraction of sp³-hybridized carbons (Fsp3) is 0.211. The summed E-state index contributed by atoms with van der Waals surface area (Å²) in [6, 6.07) is 13.4. The molecule has 0 amide bonds. The second-order valence-corrected chi connectivity index (χ2v) is 7.29. The molecule has 0 fully saturated rings. The van der Waals surface area contributed by atoms with Crippen molar-refractivity contribution in [3.63, 3.8) is 0 Å². The number of aromatic hydroxyl groups is 1. The number of hydrogen-bond donors (Lipinski definition) is 2. The molecule has 2 aromatic rings. The van der Waals surface area contributed by atoms with Crippen molar-refractivity contribution in [2.75, 3.05) is 0 Å². The fourth-order valence-corrected chi connectivity index (χ4v) is 3.22. The molecule has 5 nitrogen and oxygen atoms in total. The number of Topliss-reactive ketones (excluding diaryl/α,β-unsaturated/α-hetero) is 1. The number of ether oxygens (including phenoxy) is 1. The van der Waals surface area contributed by atoms with Crippen molar-refractivity contribution in [3.8, 4) is 5.75 Å². The van der Waals surface area contributed by atoms with Crippen LogP contribution in [0.1, 0.15) is 30.5 Å². The van der Waals surface area contributed by atoms with Crippen molar-refractivity contribution in [2.24, 2.45) is 0 Å². The van der Waals surface area contributed by atoms with Crippen LogP contribution in [0.25, 0.3) is 11.3 Å². The summed E-state index contributed by atoms with van der Waals surface area (Å²) in [5.74, 6) is 0.513. The first kappa shape index (κ1) is 17.4. The maximum Gasteiger partial charge on any atom is 0.210 e. The summed E-state index contributed by atoms with van der Waals surface area (Å²) >= 11 is -1.90. The standard InChI is InChI=1S/C19H18O5S/c1-19(2)18(21)16(13-7-9-15(20)10-8-13)17(24-19)14-5-3-12(4-6-14)11-25(22)23/h3-10,20H,11H2,1-2H3,(H,22,23). The van der Waals surface area contributed by atoms with E-state index in [0.29, 0.717) is 16.9 Å². The highest BCUT2D eigenvalue weighted by atomic mass is 32.2. The van der Waals surface area contributed by atoms with E-state index in [1.54, 1.807) is 50.2 Å². The van der Waals surface area contributed by atoms with E-state index in [1.165, 1.54) is 12.1 Å². The van der Waals surface area contributed by atoms with Crippen LogP contribution in [0.2, 0.25) is 0 Å². The smallest absolute Gasteiger partial charge is 0.210 e. The third-order valence-electron chi connectivity index (χ3n) is 4.02. The molecule has 2 aromatic carbocycles. The minimum atomic E-state index is -1.90. The van der Waals surface area contributed by atoms with Crippen LogP contribution in [-0.4, -0.2) is 25.3 Å². The summed E-state index contributed by atoms with van der Waals surface area (Å²) in [5, 5.41) is 9.48. The van der Waals surface area contributed by atoms with E-state index in [2.05, 4.69) is 0 Å². The van der Waals surface area contributed by atoms with Crippen LogP contribution < -0.4 is 0 Å². The van der Waals surface area contributed by atoms with E-state index < -0.39 is 16.7 Å². The lowest BCUT2D eigenvalue weighted by molar-refractivity contribution is -0.125. The number of hydrogen-bond acceptors (Lipinski definition) is 4. The van der Waals surface area contributed by atoms with E-state index in [0.717, 1.165) is 11.1 Å². The van der Waals surface area contributed by atoms with Crippen molar-refractivity contribution in [1.29, 1.82) is 0 Å². The van der Waals surface area contributed by atoms with Crippen LogP contribution in [0.15, 0.2) is 48.5 Å². The van der Waals surface area contributed by atoms with Gasteiger partial charge in [0.15, 0.2) is 16.7 Å². The van der Waals surface area contributed by atoms with Gasteiger partial charge in [-0.15, -0.1) is 0 Å². The molecule has 0 saturated heterocycles. The fourth-order valence-electron chi connectivity index (χ4n) is 2.75. The quantitative estimate of drug-likeness (QED) is 0.819. The molecule has 3 rings (SSSR count). The van der Waals surface area contributed by atoms with Crippen LogP contribution in [0.3, 0.4) is 0 Å². The Kier molecular flexibility index (Phi) is 4.49. The molecule has 1 atom stereocenters. The molecular formula is C19H18O5S. The number of carbonyl (C=O) groups is 1. The Hall–Kier alpha value is -2.44. The maximum absolute atomic E-state index is 12.8. The zero-order chi connectivity index (χ0) is 18.2. The van der Waals surface area contributed by atoms with Crippen LogP contribution >= 0.6 is 0 Å². The summed E-state index contributed by atoms with van der Waals surface area (Å²) in [6.45, 7) is 3.43. The number of rotatable bonds is 4. The lowest BCUT2D eigenvalue weighted by Crippen LogP contribution is -2.29. The highest BCUT2D eigenvalue weighted by Crippen LogP contribution is 2.41. The monoisotopic (exact) mass is 358 g/mol. The molecule has 2 N–H and O–H groups in total. The van der Waals surface area contributed by atoms with Crippen LogP contribution in [0.4, 0.5) is 0 Å². The predicted octanol–water partition coefficient (Wildman–Crippen LogP) is 3.36. The molecule has 0 radical (unpaired) electrons. The minimum absolute atomic E-state index is 0.0510. The first-order chi connectivity index (χ1) is 11.8. The molecule has 0 saturated carbocycles. The van der Waals surface area contributed by atoms with Gasteiger partial charge in [0.2, 0.25) is 5.78 Å². The molecule has 1 aliphatic heterocycles. The summed E-state index contributed by atoms with van der Waals surface area (Å²) in [6.07, 6.45) is 0. The largest absolute Gasteiger partial charge is 0.508 e. The number of ketones is 1. The summed E-state index contributed by atoms with van der Waals surface area (Å²) in [7, 11) is 0. The van der Waals surface area contributed by atoms with Crippen molar-refractivity contribution in [2.45, 2.75) is 25.2 Å². The lowest BCUT2D eigenvalue weighted by atomic mass is 9.92. The van der Waals surface area contributed by atoms with E-state index in [-0.39, 0.29) is 17.3 Å². The van der Waals surface area contributed by atoms with Gasteiger partial charge in [-0.2, -0.15) is 0 Å². The molecule has 0 aromatic heterocycles. The maximum atomic E-state index is 12.8. The third-order valence-corrected chi connectivity index (χ3v) is 4.60. The van der Waals surface area contributed by atoms with Gasteiger partial charge in [-0.3, -0.25) is 4.79 Å². The highest BCUT2D eigenvalue weighted by molar-refractivity contribution is 7.78. The molecule has 25 heavy (non-hydrogen) atoms. The van der Waals surface area contributed by atoms with E-state index in [4.69, 9.17) is 9.29 Å². The normalized spacial score (nSPS) is 17.5. The van der Waals surface area contributed by atoms with Crippen molar-refractivity contribution in [3.05, 3.63) is 65.2 Å². The first-order valence-electron chi connectivity index (χ1n) is 7.72. The average Bonchev–Trinajstić information content (AvgIpc) is 2.79. The highest BCUT2D eigenvalue weighted by Gasteiger charge is 2.42. The van der Waals surface area contributed by atoms with Crippen molar-refractivity contribution >= 4 is 28.2 Å². The third kappa shape index (κ3) is 3.50. The number of phenols is 1. The lowest BCUT2D eigenvalue weighted by Gasteiger charge is -2.18. The van der Waals surface area contributed by atoms with Gasteiger partial charge < -0.3 is 14.4 Å². The zero-order valence-electron chi connectivity index (χ0n) is 13.9. The molecule has 0 spiro atoms. The number of phenolic OH excluding ortho intramolecular Hbond substituents is 1. The number of benzene rings is 2. The second-order valence-electron chi connectivity index (χ2n) is 6.36. The molecule has 1 unspecified atom stereocenters. The molecular weight excluding hydrogens is 340 g/mol. The Labute approximate surface area is 148 Å². The summed E-state index contributed by atoms with van der Waals surface area (Å²) < 4.78 is 25.8. The first-order valence-corrected chi connectivity index (χ1v) is 9.00. The summed E-state index contributed by atoms with van der Waals surface area (Å²) in [4.78, 5) is 12.8. The van der Waals surface area contributed by atoms with Gasteiger partial charge in [-0.25, -0.2) is 4.21 Å². The van der Waals surface area contributed by atoms with Gasteiger partial charge in [0, 0.05) is 5.56 Å². The Morgan fingerprint density at radius 2 is 1.56 bits per heavy atom. The Balaban J connectivity index is 2.07. The van der Waals surface area contributed by atoms with E-state index in [1.807, 2.05) is 0 Å². The minimum Gasteiger partial charge on any atom is -0.508 e. The number of carbonyl (C=O) groups excluding carboxylic acids is 1. The van der Waals surface area contributed by atoms with Crippen LogP contribution in [0, 0.1) is 0 Å². The van der Waals surface area contributed by atoms with E-state index in [9.17, 15) is 14.1 Å². The molecule has 0 aliphatic carbocycles. The average molecular weight is 358 g/mol. The Morgan fingerprint density at radius 1 is 1.00 bits per heavy atom. The van der Waals surface area contributed by atoms with E-state index >= 15 is 0 Å². The van der Waals surface area contributed by atoms with Crippen LogP contribution in [0.5, 0.6) is 5.75 Å². The SMILES string of the molecule is CC1(C)OC(c2ccc(CS(=O)O)cc2)=C(c2ccc(O)cc2)C1=O. The molecule has 0 bridgehead atoms. The van der Waals surface area contributed by atoms with Gasteiger partial charge in [-0.1, -0.05) is 36.4 Å². The molecule has 6 heteroatoms.